The maximum Gasteiger partial charge on any atom is 0.325 e. The van der Waals surface area contributed by atoms with Crippen molar-refractivity contribution in [3.8, 4) is 0 Å². The molecule has 3 N–H and O–H groups in total. The Bertz CT molecular complexity index is 835. The van der Waals surface area contributed by atoms with Crippen LogP contribution >= 0.6 is 0 Å². The third-order valence-electron chi connectivity index (χ3n) is 4.17. The first kappa shape index (κ1) is 19.6. The van der Waals surface area contributed by atoms with Crippen molar-refractivity contribution in [2.75, 3.05) is 0 Å². The lowest BCUT2D eigenvalue weighted by Gasteiger charge is -2.33. The molecule has 138 valence electrons. The molecule has 0 heterocycles. The summed E-state index contributed by atoms with van der Waals surface area (Å²) >= 11 is 0. The number of benzene rings is 2. The van der Waals surface area contributed by atoms with Gasteiger partial charge in [-0.2, -0.15) is 8.42 Å². The Morgan fingerprint density at radius 3 is 1.50 bits per heavy atom. The van der Waals surface area contributed by atoms with Gasteiger partial charge in [0.15, 0.2) is 5.25 Å². The van der Waals surface area contributed by atoms with Gasteiger partial charge in [-0.05, 0) is 24.0 Å². The first-order valence-corrected chi connectivity index (χ1v) is 9.17. The highest BCUT2D eigenvalue weighted by molar-refractivity contribution is 7.87. The minimum Gasteiger partial charge on any atom is -0.481 e. The third-order valence-corrected chi connectivity index (χ3v) is 5.42. The lowest BCUT2D eigenvalue weighted by Crippen LogP contribution is -2.53. The number of carbonyl (C=O) groups is 2. The van der Waals surface area contributed by atoms with Gasteiger partial charge in [0.2, 0.25) is 0 Å². The lowest BCUT2D eigenvalue weighted by molar-refractivity contribution is -0.155. The third kappa shape index (κ3) is 4.27. The van der Waals surface area contributed by atoms with Gasteiger partial charge < -0.3 is 10.2 Å². The van der Waals surface area contributed by atoms with Crippen LogP contribution in [0.3, 0.4) is 0 Å². The van der Waals surface area contributed by atoms with E-state index in [1.165, 1.54) is 0 Å². The lowest BCUT2D eigenvalue weighted by atomic mass is 9.73. The number of aliphatic carboxylic acids is 2. The molecule has 0 aliphatic heterocycles. The van der Waals surface area contributed by atoms with E-state index in [0.29, 0.717) is 11.1 Å². The van der Waals surface area contributed by atoms with Gasteiger partial charge in [-0.15, -0.1) is 0 Å². The molecule has 0 aliphatic carbocycles. The molecular formula is C18H18O7S. The highest BCUT2D eigenvalue weighted by atomic mass is 32.2. The highest BCUT2D eigenvalue weighted by Crippen LogP contribution is 2.36. The van der Waals surface area contributed by atoms with Crippen molar-refractivity contribution in [3.05, 3.63) is 71.8 Å². The molecule has 7 nitrogen and oxygen atoms in total. The smallest absolute Gasteiger partial charge is 0.325 e. The summed E-state index contributed by atoms with van der Waals surface area (Å²) in [4.78, 5) is 23.9. The summed E-state index contributed by atoms with van der Waals surface area (Å²) < 4.78 is 33.1. The van der Waals surface area contributed by atoms with Crippen molar-refractivity contribution in [2.45, 2.75) is 18.1 Å². The van der Waals surface area contributed by atoms with E-state index in [-0.39, 0.29) is 12.8 Å². The van der Waals surface area contributed by atoms with Crippen molar-refractivity contribution in [3.63, 3.8) is 0 Å². The van der Waals surface area contributed by atoms with Crippen LogP contribution in [-0.4, -0.2) is 40.4 Å². The van der Waals surface area contributed by atoms with Crippen molar-refractivity contribution >= 4 is 22.1 Å². The van der Waals surface area contributed by atoms with Gasteiger partial charge in [0, 0.05) is 0 Å². The fraction of sp³-hybridized carbons (Fsp3) is 0.222. The molecule has 0 fully saturated rings. The number of hydrogen-bond donors (Lipinski definition) is 3. The Labute approximate surface area is 150 Å². The van der Waals surface area contributed by atoms with Crippen LogP contribution < -0.4 is 0 Å². The second kappa shape index (κ2) is 7.67. The first-order valence-electron chi connectivity index (χ1n) is 7.67. The van der Waals surface area contributed by atoms with E-state index in [9.17, 15) is 32.8 Å². The normalized spacial score (nSPS) is 13.1. The molecule has 2 aromatic rings. The first-order chi connectivity index (χ1) is 12.2. The molecule has 0 spiro atoms. The molecule has 0 aromatic heterocycles. The standard InChI is InChI=1S/C18H18O7S/c19-16(20)15(26(23,24)25)18(17(21)22,11-13-7-3-1-4-8-13)12-14-9-5-2-6-10-14/h1-10,15H,11-12H2,(H,19,20)(H,21,22)(H,23,24,25). The molecule has 0 aliphatic rings. The average molecular weight is 378 g/mol. The number of hydrogen-bond acceptors (Lipinski definition) is 4. The summed E-state index contributed by atoms with van der Waals surface area (Å²) in [6.45, 7) is 0. The van der Waals surface area contributed by atoms with E-state index < -0.39 is 32.7 Å². The van der Waals surface area contributed by atoms with E-state index >= 15 is 0 Å². The fourth-order valence-corrected chi connectivity index (χ4v) is 4.17. The summed E-state index contributed by atoms with van der Waals surface area (Å²) in [6.07, 6.45) is -0.760. The average Bonchev–Trinajstić information content (AvgIpc) is 2.54. The molecule has 0 saturated heterocycles. The molecule has 0 radical (unpaired) electrons. The Balaban J connectivity index is 2.67. The molecular weight excluding hydrogens is 360 g/mol. The predicted octanol–water partition coefficient (Wildman–Crippen LogP) is 1.88. The number of rotatable bonds is 8. The molecule has 0 saturated carbocycles. The van der Waals surface area contributed by atoms with Crippen LogP contribution in [-0.2, 0) is 32.5 Å². The van der Waals surface area contributed by atoms with Crippen LogP contribution in [0.25, 0.3) is 0 Å². The largest absolute Gasteiger partial charge is 0.481 e. The molecule has 2 aromatic carbocycles. The SMILES string of the molecule is O=C(O)C(C(Cc1ccccc1)(Cc1ccccc1)C(=O)O)S(=O)(=O)O. The minimum absolute atomic E-state index is 0.380. The minimum atomic E-state index is -5.19. The quantitative estimate of drug-likeness (QED) is 0.598. The second-order valence-electron chi connectivity index (χ2n) is 6.02. The van der Waals surface area contributed by atoms with Crippen molar-refractivity contribution in [1.82, 2.24) is 0 Å². The maximum absolute atomic E-state index is 12.2. The maximum atomic E-state index is 12.2. The zero-order valence-corrected chi connectivity index (χ0v) is 14.5. The summed E-state index contributed by atoms with van der Waals surface area (Å²) in [5.74, 6) is -3.53. The van der Waals surface area contributed by atoms with Gasteiger partial charge >= 0.3 is 11.9 Å². The topological polar surface area (TPSA) is 129 Å². The fourth-order valence-electron chi connectivity index (χ4n) is 3.08. The highest BCUT2D eigenvalue weighted by Gasteiger charge is 2.56. The van der Waals surface area contributed by atoms with Gasteiger partial charge in [0.25, 0.3) is 10.1 Å². The van der Waals surface area contributed by atoms with E-state index in [1.54, 1.807) is 60.7 Å². The predicted molar refractivity (Wildman–Crippen MR) is 93.3 cm³/mol. The van der Waals surface area contributed by atoms with Crippen LogP contribution in [0.1, 0.15) is 11.1 Å². The van der Waals surface area contributed by atoms with E-state index in [2.05, 4.69) is 0 Å². The van der Waals surface area contributed by atoms with Crippen molar-refractivity contribution in [2.24, 2.45) is 5.41 Å². The Hall–Kier alpha value is -2.71. The van der Waals surface area contributed by atoms with Crippen LogP contribution in [0.2, 0.25) is 0 Å². The van der Waals surface area contributed by atoms with Crippen LogP contribution in [0, 0.1) is 5.41 Å². The van der Waals surface area contributed by atoms with Gasteiger partial charge in [-0.3, -0.25) is 14.1 Å². The summed E-state index contributed by atoms with van der Waals surface area (Å²) in [6, 6.07) is 16.2. The Morgan fingerprint density at radius 1 is 0.846 bits per heavy atom. The molecule has 8 heteroatoms. The zero-order chi connectivity index (χ0) is 19.4. The number of carboxylic acids is 2. The van der Waals surface area contributed by atoms with Gasteiger partial charge in [0.1, 0.15) is 5.41 Å². The molecule has 1 unspecified atom stereocenters. The summed E-state index contributed by atoms with van der Waals surface area (Å²) in [7, 11) is -5.19. The molecule has 0 bridgehead atoms. The van der Waals surface area contributed by atoms with Crippen molar-refractivity contribution < 1.29 is 32.8 Å². The van der Waals surface area contributed by atoms with Gasteiger partial charge in [0.05, 0.1) is 0 Å². The Morgan fingerprint density at radius 2 is 1.23 bits per heavy atom. The zero-order valence-electron chi connectivity index (χ0n) is 13.6. The monoisotopic (exact) mass is 378 g/mol. The van der Waals surface area contributed by atoms with E-state index in [0.717, 1.165) is 0 Å². The number of carboxylic acid groups (broad SMARTS) is 2. The van der Waals surface area contributed by atoms with Crippen LogP contribution in [0.15, 0.2) is 60.7 Å². The summed E-state index contributed by atoms with van der Waals surface area (Å²) in [5.41, 5.74) is -1.40. The van der Waals surface area contributed by atoms with Crippen LogP contribution in [0.5, 0.6) is 0 Å². The molecule has 1 atom stereocenters. The summed E-state index contributed by atoms with van der Waals surface area (Å²) in [5, 5.41) is 16.8. The van der Waals surface area contributed by atoms with E-state index in [1.807, 2.05) is 0 Å². The second-order valence-corrected chi connectivity index (χ2v) is 7.52. The molecule has 26 heavy (non-hydrogen) atoms. The molecule has 2 rings (SSSR count). The van der Waals surface area contributed by atoms with E-state index in [4.69, 9.17) is 0 Å². The van der Waals surface area contributed by atoms with Crippen LogP contribution in [0.4, 0.5) is 0 Å². The van der Waals surface area contributed by atoms with Gasteiger partial charge in [-0.1, -0.05) is 60.7 Å². The van der Waals surface area contributed by atoms with Crippen molar-refractivity contribution in [1.29, 1.82) is 0 Å². The Kier molecular flexibility index (Phi) is 5.79. The van der Waals surface area contributed by atoms with Gasteiger partial charge in [-0.25, -0.2) is 0 Å². The molecule has 0 amide bonds.